The van der Waals surface area contributed by atoms with Gasteiger partial charge in [0.1, 0.15) is 48.6 Å². The van der Waals surface area contributed by atoms with Crippen molar-refractivity contribution in [1.82, 2.24) is 14.8 Å². The fourth-order valence-electron chi connectivity index (χ4n) is 7.75. The molecule has 2 aliphatic rings. The summed E-state index contributed by atoms with van der Waals surface area (Å²) in [5, 5.41) is 29.3. The van der Waals surface area contributed by atoms with E-state index in [0.29, 0.717) is 61.2 Å². The Kier molecular flexibility index (Phi) is 13.8. The van der Waals surface area contributed by atoms with E-state index in [1.807, 2.05) is 29.2 Å². The molecule has 3 aromatic carbocycles. The van der Waals surface area contributed by atoms with Crippen LogP contribution in [0.1, 0.15) is 78.3 Å². The molecule has 2 saturated heterocycles. The molecule has 0 aliphatic carbocycles. The van der Waals surface area contributed by atoms with E-state index in [4.69, 9.17) is 25.8 Å². The Morgan fingerprint density at radius 3 is 2.21 bits per heavy atom. The van der Waals surface area contributed by atoms with Crippen LogP contribution in [-0.4, -0.2) is 75.3 Å². The number of carboxylic acid groups (broad SMARTS) is 2. The Balaban J connectivity index is 1.17. The van der Waals surface area contributed by atoms with Crippen molar-refractivity contribution in [3.8, 4) is 34.4 Å². The van der Waals surface area contributed by atoms with E-state index in [1.165, 1.54) is 6.20 Å². The summed E-state index contributed by atoms with van der Waals surface area (Å²) in [5.74, 6) is 0.150. The highest BCUT2D eigenvalue weighted by Gasteiger charge is 2.30. The fraction of sp³-hybridized carbons (Fsp3) is 0.409. The molecule has 56 heavy (non-hydrogen) atoms. The minimum absolute atomic E-state index is 0.145. The number of halogens is 1. The van der Waals surface area contributed by atoms with E-state index in [-0.39, 0.29) is 13.2 Å². The molecule has 2 aliphatic heterocycles. The molecular weight excluding hydrogens is 732 g/mol. The topological polar surface area (TPSA) is 145 Å². The van der Waals surface area contributed by atoms with Crippen LogP contribution in [0.3, 0.4) is 0 Å². The lowest BCUT2D eigenvalue weighted by Crippen LogP contribution is -2.45. The largest absolute Gasteiger partial charge is 0.493 e. The molecule has 12 heteroatoms. The molecule has 0 saturated carbocycles. The second kappa shape index (κ2) is 19.1. The van der Waals surface area contributed by atoms with Crippen LogP contribution in [0.25, 0.3) is 11.1 Å². The van der Waals surface area contributed by atoms with Gasteiger partial charge in [0.05, 0.1) is 17.2 Å². The number of hydrogen-bond donors (Lipinski definition) is 2. The van der Waals surface area contributed by atoms with E-state index >= 15 is 0 Å². The number of likely N-dealkylation sites (tertiary alicyclic amines) is 2. The summed E-state index contributed by atoms with van der Waals surface area (Å²) in [7, 11) is 0. The number of nitrogens with zero attached hydrogens (tertiary/aromatic N) is 4. The Hall–Kier alpha value is -5.15. The molecule has 6 rings (SSSR count). The van der Waals surface area contributed by atoms with E-state index in [2.05, 4.69) is 41.9 Å². The second-order valence-electron chi connectivity index (χ2n) is 14.6. The average Bonchev–Trinajstić information content (AvgIpc) is 3.20. The van der Waals surface area contributed by atoms with Gasteiger partial charge in [-0.3, -0.25) is 24.4 Å². The number of nitriles is 1. The number of carbonyl (C=O) groups is 2. The van der Waals surface area contributed by atoms with Gasteiger partial charge in [-0.1, -0.05) is 54.8 Å². The van der Waals surface area contributed by atoms with Crippen LogP contribution >= 0.6 is 11.6 Å². The van der Waals surface area contributed by atoms with E-state index in [9.17, 15) is 25.1 Å². The maximum Gasteiger partial charge on any atom is 0.320 e. The number of aliphatic carboxylic acids is 2. The van der Waals surface area contributed by atoms with Crippen LogP contribution in [-0.2, 0) is 29.3 Å². The van der Waals surface area contributed by atoms with Gasteiger partial charge >= 0.3 is 11.9 Å². The number of pyridine rings is 1. The van der Waals surface area contributed by atoms with Gasteiger partial charge < -0.3 is 24.4 Å². The van der Waals surface area contributed by atoms with Crippen LogP contribution in [0, 0.1) is 25.2 Å². The van der Waals surface area contributed by atoms with Crippen LogP contribution in [0.15, 0.2) is 67.0 Å². The van der Waals surface area contributed by atoms with Crippen molar-refractivity contribution in [1.29, 1.82) is 5.26 Å². The molecule has 4 aromatic rings. The molecule has 0 spiro atoms. The third kappa shape index (κ3) is 9.98. The van der Waals surface area contributed by atoms with Gasteiger partial charge in [0.2, 0.25) is 0 Å². The highest BCUT2D eigenvalue weighted by atomic mass is 35.5. The third-order valence-corrected chi connectivity index (χ3v) is 11.2. The Labute approximate surface area is 333 Å². The van der Waals surface area contributed by atoms with Crippen molar-refractivity contribution < 1.29 is 34.0 Å². The molecule has 294 valence electrons. The van der Waals surface area contributed by atoms with Crippen LogP contribution in [0.2, 0.25) is 5.02 Å². The quantitative estimate of drug-likeness (QED) is 0.106. The summed E-state index contributed by atoms with van der Waals surface area (Å²) in [6, 6.07) is 18.5. The molecule has 11 nitrogen and oxygen atoms in total. The maximum atomic E-state index is 12.1. The van der Waals surface area contributed by atoms with Crippen molar-refractivity contribution in [2.24, 2.45) is 0 Å². The first-order valence-corrected chi connectivity index (χ1v) is 19.7. The average molecular weight is 781 g/mol. The minimum Gasteiger partial charge on any atom is -0.493 e. The van der Waals surface area contributed by atoms with Crippen molar-refractivity contribution in [2.75, 3.05) is 26.2 Å². The van der Waals surface area contributed by atoms with E-state index in [0.717, 1.165) is 83.3 Å². The van der Waals surface area contributed by atoms with Crippen molar-refractivity contribution in [3.05, 3.63) is 105 Å². The number of rotatable bonds is 16. The smallest absolute Gasteiger partial charge is 0.320 e. The van der Waals surface area contributed by atoms with Crippen LogP contribution < -0.4 is 14.2 Å². The predicted octanol–water partition coefficient (Wildman–Crippen LogP) is 8.20. The van der Waals surface area contributed by atoms with Crippen molar-refractivity contribution in [2.45, 2.75) is 90.6 Å². The summed E-state index contributed by atoms with van der Waals surface area (Å²) in [5.41, 5.74) is 7.04. The zero-order valence-corrected chi connectivity index (χ0v) is 32.8. The normalized spacial score (nSPS) is 17.5. The number of ether oxygens (including phenoxy) is 3. The molecule has 2 fully saturated rings. The molecule has 3 heterocycles. The summed E-state index contributed by atoms with van der Waals surface area (Å²) < 4.78 is 18.9. The maximum absolute atomic E-state index is 12.1. The Morgan fingerprint density at radius 2 is 1.48 bits per heavy atom. The summed E-state index contributed by atoms with van der Waals surface area (Å²) in [6.07, 6.45) is 8.91. The molecule has 0 unspecified atom stereocenters. The summed E-state index contributed by atoms with van der Waals surface area (Å²) >= 11 is 6.86. The number of benzene rings is 3. The molecule has 0 radical (unpaired) electrons. The first-order chi connectivity index (χ1) is 27.1. The lowest BCUT2D eigenvalue weighted by molar-refractivity contribution is -0.145. The molecule has 2 atom stereocenters. The SMILES string of the molecule is Cc1c(COc2cc(OCc3cncc(C#N)c3)c(CN3CCCC[C@H]3C(=O)O)cc2Cl)cccc1-c1cccc(OCCCN2CCCC[C@H]2C(=O)O)c1C. The Bertz CT molecular complexity index is 2070. The van der Waals surface area contributed by atoms with Gasteiger partial charge in [0, 0.05) is 42.7 Å². The number of hydrogen-bond acceptors (Lipinski definition) is 9. The zero-order chi connectivity index (χ0) is 39.6. The lowest BCUT2D eigenvalue weighted by atomic mass is 9.93. The summed E-state index contributed by atoms with van der Waals surface area (Å²) in [6.45, 7) is 7.49. The van der Waals surface area contributed by atoms with E-state index in [1.54, 1.807) is 24.4 Å². The highest BCUT2D eigenvalue weighted by Crippen LogP contribution is 2.37. The number of piperidine rings is 2. The summed E-state index contributed by atoms with van der Waals surface area (Å²) in [4.78, 5) is 31.9. The van der Waals surface area contributed by atoms with Gasteiger partial charge in [-0.05, 0) is 105 Å². The molecule has 0 amide bonds. The van der Waals surface area contributed by atoms with Gasteiger partial charge in [0.25, 0.3) is 0 Å². The number of carboxylic acids is 2. The predicted molar refractivity (Wildman–Crippen MR) is 213 cm³/mol. The second-order valence-corrected chi connectivity index (χ2v) is 15.0. The molecule has 0 bridgehead atoms. The third-order valence-electron chi connectivity index (χ3n) is 10.9. The molecular formula is C44H49ClN4O7. The number of aromatic nitrogens is 1. The lowest BCUT2D eigenvalue weighted by Gasteiger charge is -2.33. The minimum atomic E-state index is -0.842. The standard InChI is InChI=1S/C44H49ClN4O7/c1-29-33(10-7-11-35(29)36-12-8-15-40(30(36)2)54-19-9-18-48-16-5-3-13-38(48)43(50)51)28-56-42-22-41(55-27-32-20-31(23-46)24-47-25-32)34(21-37(42)45)26-49-17-6-4-14-39(49)44(52)53/h7-8,10-12,15,20-22,24-25,38-39H,3-6,9,13-14,16-19,26-28H2,1-2H3,(H,50,51)(H,52,53)/t38-,39-/m0/s1. The molecule has 1 aromatic heterocycles. The molecule has 2 N–H and O–H groups in total. The fourth-order valence-corrected chi connectivity index (χ4v) is 7.99. The monoisotopic (exact) mass is 780 g/mol. The van der Waals surface area contributed by atoms with Gasteiger partial charge in [-0.25, -0.2) is 0 Å². The van der Waals surface area contributed by atoms with Gasteiger partial charge in [0.15, 0.2) is 0 Å². The van der Waals surface area contributed by atoms with Crippen LogP contribution in [0.4, 0.5) is 0 Å². The van der Waals surface area contributed by atoms with Crippen molar-refractivity contribution in [3.63, 3.8) is 0 Å². The Morgan fingerprint density at radius 1 is 0.804 bits per heavy atom. The van der Waals surface area contributed by atoms with Gasteiger partial charge in [-0.15, -0.1) is 0 Å². The van der Waals surface area contributed by atoms with E-state index < -0.39 is 24.0 Å². The first kappa shape index (κ1) is 40.5. The zero-order valence-electron chi connectivity index (χ0n) is 32.0. The van der Waals surface area contributed by atoms with Crippen molar-refractivity contribution >= 4 is 23.5 Å². The van der Waals surface area contributed by atoms with Gasteiger partial charge in [-0.2, -0.15) is 5.26 Å². The first-order valence-electron chi connectivity index (χ1n) is 19.3. The van der Waals surface area contributed by atoms with Crippen LogP contribution in [0.5, 0.6) is 17.2 Å². The highest BCUT2D eigenvalue weighted by molar-refractivity contribution is 6.32.